The van der Waals surface area contributed by atoms with Crippen LogP contribution in [0.5, 0.6) is 0 Å². The third-order valence-electron chi connectivity index (χ3n) is 2.54. The fraction of sp³-hybridized carbons (Fsp3) is 0.636. The summed E-state index contributed by atoms with van der Waals surface area (Å²) in [5.41, 5.74) is 0.925. The van der Waals surface area contributed by atoms with Gasteiger partial charge in [0.15, 0.2) is 5.13 Å². The second-order valence-corrected chi connectivity index (χ2v) is 5.24. The fourth-order valence-corrected chi connectivity index (χ4v) is 2.60. The number of carbonyl (C=O) groups is 1. The number of amides is 2. The van der Waals surface area contributed by atoms with E-state index in [1.807, 2.05) is 26.2 Å². The van der Waals surface area contributed by atoms with Gasteiger partial charge in [0.25, 0.3) is 0 Å². The molecule has 1 saturated heterocycles. The summed E-state index contributed by atoms with van der Waals surface area (Å²) in [5.74, 6) is 0. The Kier molecular flexibility index (Phi) is 3.63. The number of aromatic nitrogens is 1. The van der Waals surface area contributed by atoms with Crippen molar-refractivity contribution in [1.82, 2.24) is 9.88 Å². The first-order chi connectivity index (χ1) is 8.04. The van der Waals surface area contributed by atoms with Crippen molar-refractivity contribution < 1.29 is 9.53 Å². The van der Waals surface area contributed by atoms with Gasteiger partial charge >= 0.3 is 6.03 Å². The SMILES string of the molecule is Cc1csc(NC(=O)N2CC(C)OC(C)C2)n1. The molecular formula is C11H17N3O2S. The molecule has 1 fully saturated rings. The van der Waals surface area contributed by atoms with Crippen molar-refractivity contribution in [3.05, 3.63) is 11.1 Å². The average molecular weight is 255 g/mol. The third kappa shape index (κ3) is 3.17. The van der Waals surface area contributed by atoms with Crippen molar-refractivity contribution in [2.24, 2.45) is 0 Å². The minimum Gasteiger partial charge on any atom is -0.372 e. The number of thiazole rings is 1. The van der Waals surface area contributed by atoms with Crippen molar-refractivity contribution in [2.45, 2.75) is 33.0 Å². The molecule has 0 aliphatic carbocycles. The van der Waals surface area contributed by atoms with E-state index in [9.17, 15) is 4.79 Å². The summed E-state index contributed by atoms with van der Waals surface area (Å²) >= 11 is 1.44. The van der Waals surface area contributed by atoms with E-state index in [2.05, 4.69) is 10.3 Å². The molecule has 2 rings (SSSR count). The number of aryl methyl sites for hydroxylation is 1. The van der Waals surface area contributed by atoms with Crippen LogP contribution < -0.4 is 5.32 Å². The normalized spacial score (nSPS) is 24.8. The van der Waals surface area contributed by atoms with Crippen molar-refractivity contribution >= 4 is 22.5 Å². The minimum absolute atomic E-state index is 0.0857. The Hall–Kier alpha value is -1.14. The summed E-state index contributed by atoms with van der Waals surface area (Å²) in [5, 5.41) is 5.38. The van der Waals surface area contributed by atoms with Crippen molar-refractivity contribution in [1.29, 1.82) is 0 Å². The van der Waals surface area contributed by atoms with Crippen LogP contribution in [0.2, 0.25) is 0 Å². The molecule has 0 aromatic carbocycles. The van der Waals surface area contributed by atoms with E-state index < -0.39 is 0 Å². The Morgan fingerprint density at radius 2 is 2.18 bits per heavy atom. The lowest BCUT2D eigenvalue weighted by molar-refractivity contribution is -0.0530. The second kappa shape index (κ2) is 5.01. The third-order valence-corrected chi connectivity index (χ3v) is 3.42. The molecule has 2 atom stereocenters. The number of hydrogen-bond donors (Lipinski definition) is 1. The highest BCUT2D eigenvalue weighted by molar-refractivity contribution is 7.13. The quantitative estimate of drug-likeness (QED) is 0.836. The smallest absolute Gasteiger partial charge is 0.323 e. The van der Waals surface area contributed by atoms with Crippen LogP contribution in [0, 0.1) is 6.92 Å². The van der Waals surface area contributed by atoms with Gasteiger partial charge in [-0.05, 0) is 20.8 Å². The van der Waals surface area contributed by atoms with Crippen LogP contribution >= 0.6 is 11.3 Å². The summed E-state index contributed by atoms with van der Waals surface area (Å²) in [6.45, 7) is 7.11. The monoisotopic (exact) mass is 255 g/mol. The van der Waals surface area contributed by atoms with Gasteiger partial charge in [0.1, 0.15) is 0 Å². The lowest BCUT2D eigenvalue weighted by atomic mass is 10.2. The topological polar surface area (TPSA) is 54.5 Å². The maximum absolute atomic E-state index is 12.0. The zero-order valence-electron chi connectivity index (χ0n) is 10.3. The first-order valence-electron chi connectivity index (χ1n) is 5.68. The van der Waals surface area contributed by atoms with E-state index in [0.717, 1.165) is 5.69 Å². The molecule has 0 bridgehead atoms. The molecule has 1 N–H and O–H groups in total. The van der Waals surface area contributed by atoms with Crippen LogP contribution in [0.1, 0.15) is 19.5 Å². The summed E-state index contributed by atoms with van der Waals surface area (Å²) in [6, 6.07) is -0.0960. The molecule has 1 aliphatic rings. The molecule has 0 radical (unpaired) electrons. The first kappa shape index (κ1) is 12.3. The first-order valence-corrected chi connectivity index (χ1v) is 6.56. The predicted octanol–water partition coefficient (Wildman–Crippen LogP) is 2.09. The van der Waals surface area contributed by atoms with Gasteiger partial charge in [-0.25, -0.2) is 9.78 Å². The van der Waals surface area contributed by atoms with Gasteiger partial charge in [-0.15, -0.1) is 11.3 Å². The standard InChI is InChI=1S/C11H17N3O2S/c1-7-6-17-10(12-7)13-11(15)14-4-8(2)16-9(3)5-14/h6,8-9H,4-5H2,1-3H3,(H,12,13,15). The zero-order valence-corrected chi connectivity index (χ0v) is 11.1. The highest BCUT2D eigenvalue weighted by atomic mass is 32.1. The van der Waals surface area contributed by atoms with E-state index >= 15 is 0 Å². The number of nitrogens with one attached hydrogen (secondary N) is 1. The lowest BCUT2D eigenvalue weighted by Gasteiger charge is -2.34. The molecule has 2 unspecified atom stereocenters. The molecule has 17 heavy (non-hydrogen) atoms. The average Bonchev–Trinajstić information content (AvgIpc) is 2.62. The second-order valence-electron chi connectivity index (χ2n) is 4.39. The number of carbonyl (C=O) groups excluding carboxylic acids is 1. The summed E-state index contributed by atoms with van der Waals surface area (Å²) in [7, 11) is 0. The van der Waals surface area contributed by atoms with E-state index in [1.54, 1.807) is 4.90 Å². The largest absolute Gasteiger partial charge is 0.372 e. The molecule has 2 amide bonds. The Bertz CT molecular complexity index is 397. The molecule has 6 heteroatoms. The van der Waals surface area contributed by atoms with Crippen molar-refractivity contribution in [3.8, 4) is 0 Å². The number of nitrogens with zero attached hydrogens (tertiary/aromatic N) is 2. The summed E-state index contributed by atoms with van der Waals surface area (Å²) in [4.78, 5) is 18.0. The highest BCUT2D eigenvalue weighted by Crippen LogP contribution is 2.17. The Morgan fingerprint density at radius 1 is 1.53 bits per heavy atom. The minimum atomic E-state index is -0.0960. The maximum Gasteiger partial charge on any atom is 0.323 e. The number of morpholine rings is 1. The van der Waals surface area contributed by atoms with E-state index in [1.165, 1.54) is 11.3 Å². The van der Waals surface area contributed by atoms with Crippen LogP contribution in [0.15, 0.2) is 5.38 Å². The number of urea groups is 1. The molecule has 2 heterocycles. The molecule has 1 aromatic heterocycles. The molecule has 5 nitrogen and oxygen atoms in total. The van der Waals surface area contributed by atoms with Crippen LogP contribution in [-0.2, 0) is 4.74 Å². The van der Waals surface area contributed by atoms with Crippen molar-refractivity contribution in [2.75, 3.05) is 18.4 Å². The van der Waals surface area contributed by atoms with Gasteiger partial charge in [-0.2, -0.15) is 0 Å². The maximum atomic E-state index is 12.0. The van der Waals surface area contributed by atoms with Gasteiger partial charge in [0.05, 0.1) is 17.9 Å². The van der Waals surface area contributed by atoms with E-state index in [0.29, 0.717) is 18.2 Å². The van der Waals surface area contributed by atoms with Gasteiger partial charge < -0.3 is 9.64 Å². The van der Waals surface area contributed by atoms with Gasteiger partial charge in [-0.3, -0.25) is 5.32 Å². The molecule has 0 spiro atoms. The Labute approximate surface area is 105 Å². The van der Waals surface area contributed by atoms with Gasteiger partial charge in [-0.1, -0.05) is 0 Å². The van der Waals surface area contributed by atoms with E-state index in [-0.39, 0.29) is 18.2 Å². The summed E-state index contributed by atoms with van der Waals surface area (Å²) < 4.78 is 5.59. The number of hydrogen-bond acceptors (Lipinski definition) is 4. The number of rotatable bonds is 1. The van der Waals surface area contributed by atoms with Crippen LogP contribution in [0.4, 0.5) is 9.93 Å². The Balaban J connectivity index is 1.95. The van der Waals surface area contributed by atoms with Gasteiger partial charge in [0.2, 0.25) is 0 Å². The molecular weight excluding hydrogens is 238 g/mol. The number of ether oxygens (including phenoxy) is 1. The van der Waals surface area contributed by atoms with Crippen LogP contribution in [0.3, 0.4) is 0 Å². The molecule has 1 aromatic rings. The highest BCUT2D eigenvalue weighted by Gasteiger charge is 2.26. The van der Waals surface area contributed by atoms with Crippen LogP contribution in [0.25, 0.3) is 0 Å². The molecule has 1 aliphatic heterocycles. The van der Waals surface area contributed by atoms with Crippen molar-refractivity contribution in [3.63, 3.8) is 0 Å². The van der Waals surface area contributed by atoms with Crippen LogP contribution in [-0.4, -0.2) is 41.2 Å². The zero-order chi connectivity index (χ0) is 12.4. The Morgan fingerprint density at radius 3 is 2.71 bits per heavy atom. The fourth-order valence-electron chi connectivity index (χ4n) is 1.93. The van der Waals surface area contributed by atoms with Gasteiger partial charge in [0, 0.05) is 18.5 Å². The predicted molar refractivity (Wildman–Crippen MR) is 67.5 cm³/mol. The lowest BCUT2D eigenvalue weighted by Crippen LogP contribution is -2.49. The number of anilines is 1. The van der Waals surface area contributed by atoms with E-state index in [4.69, 9.17) is 4.74 Å². The molecule has 94 valence electrons. The summed E-state index contributed by atoms with van der Waals surface area (Å²) in [6.07, 6.45) is 0.171. The molecule has 0 saturated carbocycles.